The molecule has 1 atom stereocenters. The van der Waals surface area contributed by atoms with Gasteiger partial charge in [0.15, 0.2) is 0 Å². The number of nitrogens with one attached hydrogen (secondary N) is 1. The predicted molar refractivity (Wildman–Crippen MR) is 169 cm³/mol. The van der Waals surface area contributed by atoms with Gasteiger partial charge in [-0.05, 0) is 24.6 Å². The van der Waals surface area contributed by atoms with Crippen LogP contribution >= 0.6 is 0 Å². The number of nitrogens with zero attached hydrogens (tertiary/aromatic N) is 5. The van der Waals surface area contributed by atoms with Gasteiger partial charge in [-0.3, -0.25) is 14.2 Å². The van der Waals surface area contributed by atoms with Crippen molar-refractivity contribution in [1.82, 2.24) is 15.0 Å². The fraction of sp³-hybridized carbons (Fsp3) is 0.500. The summed E-state index contributed by atoms with van der Waals surface area (Å²) in [5, 5.41) is 13.2. The van der Waals surface area contributed by atoms with Gasteiger partial charge >= 0.3 is 0 Å². The second-order valence-electron chi connectivity index (χ2n) is 11.0. The molecular weight excluding hydrogens is 592 g/mol. The van der Waals surface area contributed by atoms with Crippen molar-refractivity contribution < 1.29 is 31.9 Å². The van der Waals surface area contributed by atoms with Crippen LogP contribution in [0.4, 0.5) is 11.8 Å². The molecule has 0 radical (unpaired) electrons. The van der Waals surface area contributed by atoms with E-state index in [0.29, 0.717) is 48.5 Å². The van der Waals surface area contributed by atoms with Crippen molar-refractivity contribution in [3.63, 3.8) is 0 Å². The van der Waals surface area contributed by atoms with Gasteiger partial charge in [0.05, 0.1) is 23.7 Å². The molecule has 2 aromatic heterocycles. The van der Waals surface area contributed by atoms with E-state index in [1.807, 2.05) is 4.90 Å². The molecule has 0 aliphatic carbocycles. The fourth-order valence-corrected chi connectivity index (χ4v) is 5.01. The summed E-state index contributed by atoms with van der Waals surface area (Å²) in [6.07, 6.45) is 7.88. The van der Waals surface area contributed by atoms with Gasteiger partial charge in [0, 0.05) is 40.4 Å². The Hall–Kier alpha value is -3.53. The van der Waals surface area contributed by atoms with Crippen molar-refractivity contribution in [1.29, 1.82) is 0 Å². The number of allylic oxidation sites excluding steroid dienone is 3. The Bertz CT molecular complexity index is 1400. The van der Waals surface area contributed by atoms with Crippen LogP contribution < -0.4 is 19.7 Å². The molecule has 13 nitrogen and oxygen atoms in total. The highest BCUT2D eigenvalue weighted by molar-refractivity contribution is 7.85. The number of aliphatic hydroxyl groups excluding tert-OH is 1. The molecule has 15 heteroatoms. The zero-order chi connectivity index (χ0) is 31.5. The highest BCUT2D eigenvalue weighted by atomic mass is 32.2. The van der Waals surface area contributed by atoms with Crippen LogP contribution in [0.1, 0.15) is 17.7 Å². The van der Waals surface area contributed by atoms with Gasteiger partial charge in [0.25, 0.3) is 10.1 Å². The molecule has 1 unspecified atom stereocenters. The third-order valence-electron chi connectivity index (χ3n) is 6.08. The van der Waals surface area contributed by atoms with Crippen LogP contribution in [0.5, 0.6) is 11.6 Å². The van der Waals surface area contributed by atoms with Crippen molar-refractivity contribution in [2.75, 3.05) is 50.1 Å². The van der Waals surface area contributed by atoms with Crippen molar-refractivity contribution in [3.05, 3.63) is 54.1 Å². The number of pyridine rings is 1. The molecule has 3 rings (SSSR count). The molecule has 1 aliphatic rings. The smallest absolute Gasteiger partial charge is 0.264 e. The third-order valence-corrected chi connectivity index (χ3v) is 8.38. The number of fused-ring (bicyclic) bond motifs is 1. The average molecular weight is 635 g/mol. The number of hydrogen-bond donors (Lipinski definition) is 2. The minimum Gasteiger partial charge on any atom is -0.507 e. The molecule has 2 N–H and O–H groups in total. The molecule has 236 valence electrons. The Morgan fingerprint density at radius 3 is 2.74 bits per heavy atom. The van der Waals surface area contributed by atoms with Crippen LogP contribution in [0.15, 0.2) is 47.8 Å². The van der Waals surface area contributed by atoms with Crippen molar-refractivity contribution in [3.8, 4) is 11.6 Å². The van der Waals surface area contributed by atoms with Gasteiger partial charge in [-0.15, -0.1) is 6.58 Å². The van der Waals surface area contributed by atoms with Gasteiger partial charge < -0.3 is 29.5 Å². The topological polar surface area (TPSA) is 158 Å². The number of aromatic nitrogens is 3. The van der Waals surface area contributed by atoms with Crippen LogP contribution in [0, 0.1) is 0 Å². The SMILES string of the molecule is C=CC/C=C(/O)C=NC1Cc2c(OCc3cc(OCCOS(C)(=O)=O)ccn3)nc(NC)nc2N1COCC[Si](C)(C)C. The quantitative estimate of drug-likeness (QED) is 0.0609. The van der Waals surface area contributed by atoms with E-state index in [1.165, 1.54) is 6.21 Å². The first kappa shape index (κ1) is 34.0. The first-order valence-electron chi connectivity index (χ1n) is 13.9. The third kappa shape index (κ3) is 11.6. The molecule has 0 fully saturated rings. The number of aliphatic imine (C=N–C) groups is 1. The van der Waals surface area contributed by atoms with E-state index in [2.05, 4.69) is 46.5 Å². The monoisotopic (exact) mass is 634 g/mol. The summed E-state index contributed by atoms with van der Waals surface area (Å²) >= 11 is 0. The molecule has 0 saturated heterocycles. The van der Waals surface area contributed by atoms with Crippen molar-refractivity contribution in [2.24, 2.45) is 4.99 Å². The largest absolute Gasteiger partial charge is 0.507 e. The second-order valence-corrected chi connectivity index (χ2v) is 18.2. The number of hydrogen-bond acceptors (Lipinski definition) is 13. The van der Waals surface area contributed by atoms with Crippen LogP contribution in [0.2, 0.25) is 25.7 Å². The van der Waals surface area contributed by atoms with Gasteiger partial charge in [-0.1, -0.05) is 25.7 Å². The van der Waals surface area contributed by atoms with Gasteiger partial charge in [-0.2, -0.15) is 18.4 Å². The summed E-state index contributed by atoms with van der Waals surface area (Å²) in [6.45, 7) is 11.5. The molecule has 2 aromatic rings. The lowest BCUT2D eigenvalue weighted by Gasteiger charge is -2.24. The fourth-order valence-electron chi connectivity index (χ4n) is 3.89. The first-order valence-corrected chi connectivity index (χ1v) is 19.4. The second kappa shape index (κ2) is 15.8. The van der Waals surface area contributed by atoms with E-state index in [-0.39, 0.29) is 32.3 Å². The van der Waals surface area contributed by atoms with E-state index in [4.69, 9.17) is 23.4 Å². The minimum absolute atomic E-state index is 0.0463. The van der Waals surface area contributed by atoms with E-state index in [9.17, 15) is 13.5 Å². The average Bonchev–Trinajstić information content (AvgIpc) is 3.30. The van der Waals surface area contributed by atoms with E-state index in [1.54, 1.807) is 37.5 Å². The van der Waals surface area contributed by atoms with E-state index in [0.717, 1.165) is 17.9 Å². The highest BCUT2D eigenvalue weighted by Crippen LogP contribution is 2.37. The lowest BCUT2D eigenvalue weighted by molar-refractivity contribution is 0.142. The Labute approximate surface area is 254 Å². The summed E-state index contributed by atoms with van der Waals surface area (Å²) < 4.78 is 44.8. The first-order chi connectivity index (χ1) is 20.4. The Morgan fingerprint density at radius 2 is 2.05 bits per heavy atom. The predicted octanol–water partition coefficient (Wildman–Crippen LogP) is 3.94. The molecule has 3 heterocycles. The van der Waals surface area contributed by atoms with Crippen LogP contribution in [0.25, 0.3) is 0 Å². The lowest BCUT2D eigenvalue weighted by atomic mass is 10.2. The summed E-state index contributed by atoms with van der Waals surface area (Å²) in [6, 6.07) is 4.38. The zero-order valence-corrected chi connectivity index (χ0v) is 27.3. The maximum Gasteiger partial charge on any atom is 0.264 e. The van der Waals surface area contributed by atoms with Gasteiger partial charge in [0.1, 0.15) is 50.0 Å². The lowest BCUT2D eigenvalue weighted by Crippen LogP contribution is -2.34. The molecule has 1 aliphatic heterocycles. The molecule has 0 saturated carbocycles. The maximum absolute atomic E-state index is 11.1. The number of ether oxygens (including phenoxy) is 3. The van der Waals surface area contributed by atoms with Crippen molar-refractivity contribution in [2.45, 2.75) is 51.3 Å². The van der Waals surface area contributed by atoms with Crippen LogP contribution in [-0.4, -0.2) is 88.8 Å². The standard InChI is InChI=1S/C28H42N6O7SSi/c1-7-8-9-22(35)18-31-25-17-24-26(34(25)20-38-14-15-43(4,5)6)32-28(29-2)33-27(24)40-19-21-16-23(10-11-30-21)39-12-13-41-42(3,36)37/h7,9-11,16,18,25,35H,1,8,12-15,17,19-20H2,2-6H3,(H,29,32,33)/b22-9+,31-18?. The number of anilines is 2. The molecular formula is C28H42N6O7SSi. The van der Waals surface area contributed by atoms with E-state index >= 15 is 0 Å². The molecule has 0 aromatic carbocycles. The molecule has 43 heavy (non-hydrogen) atoms. The summed E-state index contributed by atoms with van der Waals surface area (Å²) in [4.78, 5) is 20.2. The Balaban J connectivity index is 1.79. The van der Waals surface area contributed by atoms with Crippen LogP contribution in [0.3, 0.4) is 0 Å². The Morgan fingerprint density at radius 1 is 1.26 bits per heavy atom. The number of rotatable bonds is 18. The summed E-state index contributed by atoms with van der Waals surface area (Å²) in [7, 11) is -3.09. The highest BCUT2D eigenvalue weighted by Gasteiger charge is 2.34. The summed E-state index contributed by atoms with van der Waals surface area (Å²) in [5.41, 5.74) is 1.34. The normalized spacial score (nSPS) is 15.5. The maximum atomic E-state index is 11.1. The summed E-state index contributed by atoms with van der Waals surface area (Å²) in [5.74, 6) is 1.92. The zero-order valence-electron chi connectivity index (χ0n) is 25.4. The van der Waals surface area contributed by atoms with Crippen molar-refractivity contribution >= 4 is 36.2 Å². The van der Waals surface area contributed by atoms with Gasteiger partial charge in [0.2, 0.25) is 11.8 Å². The van der Waals surface area contributed by atoms with Crippen LogP contribution in [-0.2, 0) is 32.1 Å². The molecule has 0 bridgehead atoms. The minimum atomic E-state index is -3.54. The Kier molecular flexibility index (Phi) is 12.5. The molecule has 0 spiro atoms. The molecule has 0 amide bonds. The van der Waals surface area contributed by atoms with E-state index < -0.39 is 24.4 Å². The van der Waals surface area contributed by atoms with Gasteiger partial charge in [-0.25, -0.2) is 0 Å². The number of aliphatic hydroxyl groups is 1.